The molecule has 0 aromatic heterocycles. The van der Waals surface area contributed by atoms with Gasteiger partial charge in [-0.25, -0.2) is 4.39 Å². The number of nitro groups is 1. The van der Waals surface area contributed by atoms with Crippen molar-refractivity contribution in [1.82, 2.24) is 0 Å². The molecule has 0 saturated carbocycles. The number of anilines is 3. The lowest BCUT2D eigenvalue weighted by Gasteiger charge is -2.23. The number of hydrogen-bond donors (Lipinski definition) is 1. The molecule has 2 rings (SSSR count). The number of hydrogen-bond acceptors (Lipinski definition) is 4. The van der Waals surface area contributed by atoms with E-state index in [1.54, 1.807) is 29.2 Å². The monoisotopic (exact) mass is 275 g/mol. The first-order chi connectivity index (χ1) is 9.52. The van der Waals surface area contributed by atoms with Crippen molar-refractivity contribution in [1.29, 1.82) is 0 Å². The summed E-state index contributed by atoms with van der Waals surface area (Å²) in [7, 11) is 0. The van der Waals surface area contributed by atoms with E-state index in [9.17, 15) is 14.5 Å². The third kappa shape index (κ3) is 2.69. The van der Waals surface area contributed by atoms with Gasteiger partial charge in [0.15, 0.2) is 0 Å². The fraction of sp³-hybridized carbons (Fsp3) is 0.143. The zero-order chi connectivity index (χ0) is 14.7. The number of rotatable bonds is 4. The standard InChI is InChI=1S/C14H14FN3O2/c1-2-17(14-6-4-3-5-13(14)15)11-7-10(16)8-12(9-11)18(19)20/h3-9H,2,16H2,1H3. The molecule has 0 fully saturated rings. The number of nitrogens with two attached hydrogens (primary N) is 1. The third-order valence-corrected chi connectivity index (χ3v) is 2.91. The zero-order valence-electron chi connectivity index (χ0n) is 10.9. The summed E-state index contributed by atoms with van der Waals surface area (Å²) in [5.41, 5.74) is 6.68. The first-order valence-corrected chi connectivity index (χ1v) is 6.10. The molecule has 0 aliphatic rings. The molecule has 0 radical (unpaired) electrons. The highest BCUT2D eigenvalue weighted by atomic mass is 19.1. The van der Waals surface area contributed by atoms with Gasteiger partial charge < -0.3 is 10.6 Å². The Morgan fingerprint density at radius 1 is 1.30 bits per heavy atom. The summed E-state index contributed by atoms with van der Waals surface area (Å²) in [6, 6.07) is 10.5. The van der Waals surface area contributed by atoms with Crippen molar-refractivity contribution in [2.24, 2.45) is 0 Å². The smallest absolute Gasteiger partial charge is 0.273 e. The van der Waals surface area contributed by atoms with Gasteiger partial charge in [-0.2, -0.15) is 0 Å². The molecule has 104 valence electrons. The first-order valence-electron chi connectivity index (χ1n) is 6.10. The molecule has 6 heteroatoms. The van der Waals surface area contributed by atoms with E-state index < -0.39 is 4.92 Å². The molecule has 2 aromatic carbocycles. The summed E-state index contributed by atoms with van der Waals surface area (Å²) in [4.78, 5) is 12.0. The molecule has 0 unspecified atom stereocenters. The van der Waals surface area contributed by atoms with E-state index in [-0.39, 0.29) is 17.2 Å². The second kappa shape index (κ2) is 5.56. The Morgan fingerprint density at radius 2 is 2.00 bits per heavy atom. The summed E-state index contributed by atoms with van der Waals surface area (Å²) in [5.74, 6) is -0.389. The van der Waals surface area contributed by atoms with Crippen molar-refractivity contribution in [3.05, 3.63) is 58.4 Å². The second-order valence-electron chi connectivity index (χ2n) is 4.24. The molecule has 0 bridgehead atoms. The maximum absolute atomic E-state index is 13.9. The van der Waals surface area contributed by atoms with Crippen molar-refractivity contribution in [3.8, 4) is 0 Å². The molecule has 2 N–H and O–H groups in total. The minimum absolute atomic E-state index is 0.116. The van der Waals surface area contributed by atoms with Crippen LogP contribution in [0.5, 0.6) is 0 Å². The van der Waals surface area contributed by atoms with Crippen LogP contribution in [0.3, 0.4) is 0 Å². The van der Waals surface area contributed by atoms with Gasteiger partial charge in [0.2, 0.25) is 0 Å². The average molecular weight is 275 g/mol. The summed E-state index contributed by atoms with van der Waals surface area (Å²) in [6.07, 6.45) is 0. The Labute approximate surface area is 115 Å². The Kier molecular flexibility index (Phi) is 3.84. The van der Waals surface area contributed by atoms with Crippen molar-refractivity contribution < 1.29 is 9.31 Å². The Hall–Kier alpha value is -2.63. The number of nitro benzene ring substituents is 1. The lowest BCUT2D eigenvalue weighted by Crippen LogP contribution is -2.17. The Bertz CT molecular complexity index is 646. The second-order valence-corrected chi connectivity index (χ2v) is 4.24. The van der Waals surface area contributed by atoms with Crippen molar-refractivity contribution in [2.75, 3.05) is 17.2 Å². The molecular formula is C14H14FN3O2. The number of para-hydroxylation sites is 1. The van der Waals surface area contributed by atoms with E-state index in [1.165, 1.54) is 18.2 Å². The molecule has 0 aliphatic heterocycles. The Balaban J connectivity index is 2.52. The SMILES string of the molecule is CCN(c1cc(N)cc([N+](=O)[O-])c1)c1ccccc1F. The highest BCUT2D eigenvalue weighted by molar-refractivity contribution is 5.70. The van der Waals surface area contributed by atoms with Crippen LogP contribution < -0.4 is 10.6 Å². The lowest BCUT2D eigenvalue weighted by atomic mass is 10.2. The maximum atomic E-state index is 13.9. The molecule has 5 nitrogen and oxygen atoms in total. The average Bonchev–Trinajstić information content (AvgIpc) is 2.41. The molecular weight excluding hydrogens is 261 g/mol. The van der Waals surface area contributed by atoms with Crippen molar-refractivity contribution in [2.45, 2.75) is 6.92 Å². The van der Waals surface area contributed by atoms with Gasteiger partial charge in [0, 0.05) is 24.4 Å². The van der Waals surface area contributed by atoms with Gasteiger partial charge in [0.1, 0.15) is 5.82 Å². The normalized spacial score (nSPS) is 10.3. The van der Waals surface area contributed by atoms with Crippen LogP contribution in [0.4, 0.5) is 27.1 Å². The topological polar surface area (TPSA) is 72.4 Å². The van der Waals surface area contributed by atoms with Gasteiger partial charge in [-0.15, -0.1) is 0 Å². The predicted molar refractivity (Wildman–Crippen MR) is 76.6 cm³/mol. The Morgan fingerprint density at radius 3 is 2.60 bits per heavy atom. The number of halogens is 1. The summed E-state index contributed by atoms with van der Waals surface area (Å²) in [5, 5.41) is 10.9. The highest BCUT2D eigenvalue weighted by Gasteiger charge is 2.16. The van der Waals surface area contributed by atoms with Crippen LogP contribution in [0.15, 0.2) is 42.5 Å². The molecule has 2 aromatic rings. The van der Waals surface area contributed by atoms with Gasteiger partial charge in [-0.1, -0.05) is 12.1 Å². The minimum Gasteiger partial charge on any atom is -0.398 e. The first kappa shape index (κ1) is 13.8. The van der Waals surface area contributed by atoms with E-state index in [0.717, 1.165) is 0 Å². The van der Waals surface area contributed by atoms with Gasteiger partial charge in [0.25, 0.3) is 5.69 Å². The third-order valence-electron chi connectivity index (χ3n) is 2.91. The molecule has 0 saturated heterocycles. The van der Waals surface area contributed by atoms with Crippen molar-refractivity contribution >= 4 is 22.7 Å². The minimum atomic E-state index is -0.519. The lowest BCUT2D eigenvalue weighted by molar-refractivity contribution is -0.384. The van der Waals surface area contributed by atoms with Gasteiger partial charge in [0.05, 0.1) is 16.3 Å². The molecule has 0 spiro atoms. The van der Waals surface area contributed by atoms with Gasteiger partial charge in [-0.3, -0.25) is 10.1 Å². The molecule has 20 heavy (non-hydrogen) atoms. The van der Waals surface area contributed by atoms with Crippen LogP contribution in [0, 0.1) is 15.9 Å². The zero-order valence-corrected chi connectivity index (χ0v) is 10.9. The summed E-state index contributed by atoms with van der Waals surface area (Å²) >= 11 is 0. The number of nitrogen functional groups attached to an aromatic ring is 1. The predicted octanol–water partition coefficient (Wildman–Crippen LogP) is 3.47. The molecule has 0 atom stereocenters. The van der Waals surface area contributed by atoms with Crippen LogP contribution in [0.1, 0.15) is 6.92 Å². The van der Waals surface area contributed by atoms with Crippen LogP contribution in [-0.2, 0) is 0 Å². The number of non-ortho nitro benzene ring substituents is 1. The molecule has 0 heterocycles. The maximum Gasteiger partial charge on any atom is 0.273 e. The largest absolute Gasteiger partial charge is 0.398 e. The fourth-order valence-electron chi connectivity index (χ4n) is 2.04. The summed E-state index contributed by atoms with van der Waals surface area (Å²) in [6.45, 7) is 2.29. The van der Waals surface area contributed by atoms with Crippen molar-refractivity contribution in [3.63, 3.8) is 0 Å². The van der Waals surface area contributed by atoms with E-state index >= 15 is 0 Å². The van der Waals surface area contributed by atoms with Gasteiger partial charge in [-0.05, 0) is 25.1 Å². The van der Waals surface area contributed by atoms with E-state index in [0.29, 0.717) is 17.9 Å². The number of benzene rings is 2. The van der Waals surface area contributed by atoms with Crippen LogP contribution in [0.2, 0.25) is 0 Å². The van der Waals surface area contributed by atoms with Crippen LogP contribution >= 0.6 is 0 Å². The quantitative estimate of drug-likeness (QED) is 0.526. The molecule has 0 aliphatic carbocycles. The fourth-order valence-corrected chi connectivity index (χ4v) is 2.04. The van der Waals surface area contributed by atoms with E-state index in [2.05, 4.69) is 0 Å². The van der Waals surface area contributed by atoms with Crippen LogP contribution in [0.25, 0.3) is 0 Å². The molecule has 0 amide bonds. The number of nitrogens with zero attached hydrogens (tertiary/aromatic N) is 2. The van der Waals surface area contributed by atoms with E-state index in [1.807, 2.05) is 6.92 Å². The van der Waals surface area contributed by atoms with E-state index in [4.69, 9.17) is 5.73 Å². The highest BCUT2D eigenvalue weighted by Crippen LogP contribution is 2.31. The van der Waals surface area contributed by atoms with Gasteiger partial charge >= 0.3 is 0 Å². The summed E-state index contributed by atoms with van der Waals surface area (Å²) < 4.78 is 13.9. The van der Waals surface area contributed by atoms with Crippen LogP contribution in [-0.4, -0.2) is 11.5 Å².